The van der Waals surface area contributed by atoms with E-state index in [2.05, 4.69) is 21.2 Å². The van der Waals surface area contributed by atoms with Gasteiger partial charge >= 0.3 is 0 Å². The fourth-order valence-corrected chi connectivity index (χ4v) is 6.75. The van der Waals surface area contributed by atoms with Gasteiger partial charge in [0, 0.05) is 22.1 Å². The van der Waals surface area contributed by atoms with E-state index in [1.54, 1.807) is 66.7 Å². The first-order valence-corrected chi connectivity index (χ1v) is 16.0. The number of nitrogens with zero attached hydrogens (tertiary/aromatic N) is 2. The second-order valence-corrected chi connectivity index (χ2v) is 13.1. The van der Waals surface area contributed by atoms with E-state index in [4.69, 9.17) is 11.6 Å². The zero-order valence-electron chi connectivity index (χ0n) is 22.3. The van der Waals surface area contributed by atoms with Crippen molar-refractivity contribution in [3.8, 4) is 0 Å². The Balaban J connectivity index is 1.69. The maximum atomic E-state index is 14.1. The number of rotatable bonds is 11. The van der Waals surface area contributed by atoms with Gasteiger partial charge in [-0.2, -0.15) is 0 Å². The van der Waals surface area contributed by atoms with Gasteiger partial charge in [0.25, 0.3) is 10.0 Å². The zero-order valence-corrected chi connectivity index (χ0v) is 25.5. The molecule has 0 aromatic heterocycles. The molecule has 7 nitrogen and oxygen atoms in total. The Morgan fingerprint density at radius 1 is 0.975 bits per heavy atom. The average Bonchev–Trinajstić information content (AvgIpc) is 3.46. The SMILES string of the molecule is CC[C@@H](C(=O)NC1CCCC1)N(Cc1ccc(Cl)cc1)C(=O)CN(c1ccc(Br)cc1)S(=O)(=O)c1ccccc1. The Bertz CT molecular complexity index is 1400. The molecule has 212 valence electrons. The molecule has 0 unspecified atom stereocenters. The maximum absolute atomic E-state index is 14.1. The fourth-order valence-electron chi connectivity index (χ4n) is 4.93. The summed E-state index contributed by atoms with van der Waals surface area (Å²) >= 11 is 9.47. The zero-order chi connectivity index (χ0) is 28.7. The molecule has 0 radical (unpaired) electrons. The van der Waals surface area contributed by atoms with Crippen LogP contribution >= 0.6 is 27.5 Å². The first kappa shape index (κ1) is 30.1. The summed E-state index contributed by atoms with van der Waals surface area (Å²) in [7, 11) is -4.09. The molecule has 0 heterocycles. The molecular weight excluding hydrogens is 614 g/mol. The molecule has 2 amide bonds. The lowest BCUT2D eigenvalue weighted by molar-refractivity contribution is -0.140. The molecule has 0 bridgehead atoms. The van der Waals surface area contributed by atoms with Crippen LogP contribution in [0, 0.1) is 0 Å². The van der Waals surface area contributed by atoms with Crippen LogP contribution in [-0.4, -0.2) is 43.8 Å². The molecule has 4 rings (SSSR count). The number of hydrogen-bond donors (Lipinski definition) is 1. The third-order valence-corrected chi connectivity index (χ3v) is 9.65. The van der Waals surface area contributed by atoms with E-state index in [0.29, 0.717) is 17.1 Å². The Labute approximate surface area is 249 Å². The Morgan fingerprint density at radius 3 is 2.20 bits per heavy atom. The highest BCUT2D eigenvalue weighted by molar-refractivity contribution is 9.10. The van der Waals surface area contributed by atoms with E-state index in [9.17, 15) is 18.0 Å². The predicted molar refractivity (Wildman–Crippen MR) is 162 cm³/mol. The van der Waals surface area contributed by atoms with Crippen molar-refractivity contribution in [2.45, 2.75) is 62.6 Å². The fraction of sp³-hybridized carbons (Fsp3) is 0.333. The van der Waals surface area contributed by atoms with Crippen LogP contribution < -0.4 is 9.62 Å². The lowest BCUT2D eigenvalue weighted by Gasteiger charge is -2.33. The topological polar surface area (TPSA) is 86.8 Å². The lowest BCUT2D eigenvalue weighted by Crippen LogP contribution is -2.53. The molecule has 0 spiro atoms. The van der Waals surface area contributed by atoms with Crippen LogP contribution in [0.25, 0.3) is 0 Å². The van der Waals surface area contributed by atoms with Crippen LogP contribution in [-0.2, 0) is 26.2 Å². The third-order valence-electron chi connectivity index (χ3n) is 7.08. The standard InChI is InChI=1S/C30H33BrClN3O4S/c1-2-28(30(37)33-25-8-6-7-9-25)34(20-22-12-16-24(32)17-13-22)29(36)21-35(26-18-14-23(31)15-19-26)40(38,39)27-10-4-3-5-11-27/h3-5,10-19,25,28H,2,6-9,20-21H2,1H3,(H,33,37)/t28-/m0/s1. The Kier molecular flexibility index (Phi) is 10.3. The minimum atomic E-state index is -4.09. The van der Waals surface area contributed by atoms with Crippen LogP contribution in [0.5, 0.6) is 0 Å². The van der Waals surface area contributed by atoms with Crippen LogP contribution in [0.1, 0.15) is 44.6 Å². The molecule has 1 saturated carbocycles. The first-order chi connectivity index (χ1) is 19.2. The van der Waals surface area contributed by atoms with Crippen molar-refractivity contribution in [2.24, 2.45) is 0 Å². The van der Waals surface area contributed by atoms with E-state index in [0.717, 1.165) is 40.0 Å². The van der Waals surface area contributed by atoms with Crippen molar-refractivity contribution >= 4 is 55.1 Å². The first-order valence-electron chi connectivity index (χ1n) is 13.4. The molecule has 0 saturated heterocycles. The smallest absolute Gasteiger partial charge is 0.264 e. The highest BCUT2D eigenvalue weighted by Gasteiger charge is 2.34. The maximum Gasteiger partial charge on any atom is 0.264 e. The van der Waals surface area contributed by atoms with Gasteiger partial charge < -0.3 is 10.2 Å². The normalized spacial score (nSPS) is 14.5. The van der Waals surface area contributed by atoms with Crippen molar-refractivity contribution in [1.82, 2.24) is 10.2 Å². The molecule has 40 heavy (non-hydrogen) atoms. The van der Waals surface area contributed by atoms with Gasteiger partial charge in [-0.3, -0.25) is 13.9 Å². The summed E-state index contributed by atoms with van der Waals surface area (Å²) < 4.78 is 29.5. The lowest BCUT2D eigenvalue weighted by atomic mass is 10.1. The minimum absolute atomic E-state index is 0.0704. The summed E-state index contributed by atoms with van der Waals surface area (Å²) in [4.78, 5) is 29.1. The van der Waals surface area contributed by atoms with Crippen molar-refractivity contribution < 1.29 is 18.0 Å². The molecule has 1 N–H and O–H groups in total. The molecule has 1 aliphatic rings. The predicted octanol–water partition coefficient (Wildman–Crippen LogP) is 6.16. The van der Waals surface area contributed by atoms with Gasteiger partial charge in [0.15, 0.2) is 0 Å². The number of sulfonamides is 1. The van der Waals surface area contributed by atoms with E-state index in [1.807, 2.05) is 6.92 Å². The van der Waals surface area contributed by atoms with Gasteiger partial charge in [-0.15, -0.1) is 0 Å². The molecule has 1 aliphatic carbocycles. The monoisotopic (exact) mass is 645 g/mol. The summed E-state index contributed by atoms with van der Waals surface area (Å²) in [5.41, 5.74) is 1.13. The number of hydrogen-bond acceptors (Lipinski definition) is 4. The molecule has 3 aromatic carbocycles. The number of benzene rings is 3. The largest absolute Gasteiger partial charge is 0.352 e. The molecule has 1 fully saturated rings. The van der Waals surface area contributed by atoms with Gasteiger partial charge in [0.2, 0.25) is 11.8 Å². The third kappa shape index (κ3) is 7.44. The molecule has 0 aliphatic heterocycles. The van der Waals surface area contributed by atoms with E-state index in [1.165, 1.54) is 17.0 Å². The highest BCUT2D eigenvalue weighted by atomic mass is 79.9. The number of anilines is 1. The number of carbonyl (C=O) groups excluding carboxylic acids is 2. The van der Waals surface area contributed by atoms with Crippen molar-refractivity contribution in [1.29, 1.82) is 0 Å². The number of halogens is 2. The van der Waals surface area contributed by atoms with Gasteiger partial charge in [-0.1, -0.05) is 77.6 Å². The molecular formula is C30H33BrClN3O4S. The molecule has 10 heteroatoms. The van der Waals surface area contributed by atoms with Gasteiger partial charge in [0.05, 0.1) is 10.6 Å². The van der Waals surface area contributed by atoms with Gasteiger partial charge in [0.1, 0.15) is 12.6 Å². The highest BCUT2D eigenvalue weighted by Crippen LogP contribution is 2.27. The van der Waals surface area contributed by atoms with E-state index < -0.39 is 28.5 Å². The van der Waals surface area contributed by atoms with Crippen molar-refractivity contribution in [2.75, 3.05) is 10.8 Å². The van der Waals surface area contributed by atoms with Gasteiger partial charge in [-0.05, 0) is 73.4 Å². The summed E-state index contributed by atoms with van der Waals surface area (Å²) in [5.74, 6) is -0.705. The number of nitrogens with one attached hydrogen (secondary N) is 1. The Morgan fingerprint density at radius 2 is 1.60 bits per heavy atom. The second kappa shape index (κ2) is 13.7. The van der Waals surface area contributed by atoms with Crippen molar-refractivity contribution in [3.63, 3.8) is 0 Å². The van der Waals surface area contributed by atoms with Crippen LogP contribution in [0.15, 0.2) is 88.2 Å². The summed E-state index contributed by atoms with van der Waals surface area (Å²) in [6, 6.07) is 21.1. The quantitative estimate of drug-likeness (QED) is 0.270. The van der Waals surface area contributed by atoms with Crippen LogP contribution in [0.3, 0.4) is 0 Å². The molecule has 1 atom stereocenters. The van der Waals surface area contributed by atoms with Gasteiger partial charge in [-0.25, -0.2) is 8.42 Å². The van der Waals surface area contributed by atoms with Crippen LogP contribution in [0.4, 0.5) is 5.69 Å². The molecule has 3 aromatic rings. The minimum Gasteiger partial charge on any atom is -0.352 e. The second-order valence-electron chi connectivity index (χ2n) is 9.86. The van der Waals surface area contributed by atoms with E-state index in [-0.39, 0.29) is 23.4 Å². The summed E-state index contributed by atoms with van der Waals surface area (Å²) in [6.07, 6.45) is 4.34. The Hall–Kier alpha value is -2.88. The summed E-state index contributed by atoms with van der Waals surface area (Å²) in [6.45, 7) is 1.51. The average molecular weight is 647 g/mol. The number of carbonyl (C=O) groups is 2. The van der Waals surface area contributed by atoms with E-state index >= 15 is 0 Å². The summed E-state index contributed by atoms with van der Waals surface area (Å²) in [5, 5.41) is 3.67. The van der Waals surface area contributed by atoms with Crippen molar-refractivity contribution in [3.05, 3.63) is 93.9 Å². The van der Waals surface area contributed by atoms with Crippen LogP contribution in [0.2, 0.25) is 5.02 Å². The number of amides is 2.